The van der Waals surface area contributed by atoms with Crippen molar-refractivity contribution in [3.8, 4) is 11.3 Å². The Bertz CT molecular complexity index is 1140. The molecule has 0 aliphatic rings. The summed E-state index contributed by atoms with van der Waals surface area (Å²) in [6, 6.07) is 17.6. The monoisotopic (exact) mass is 385 g/mol. The number of rotatable bonds is 5. The molecule has 1 amide bonds. The van der Waals surface area contributed by atoms with Crippen molar-refractivity contribution in [2.75, 3.05) is 7.05 Å². The molecule has 0 unspecified atom stereocenters. The van der Waals surface area contributed by atoms with Crippen LogP contribution in [0.5, 0.6) is 0 Å². The van der Waals surface area contributed by atoms with Gasteiger partial charge in [0.1, 0.15) is 0 Å². The zero-order chi connectivity index (χ0) is 20.4. The summed E-state index contributed by atoms with van der Waals surface area (Å²) in [6.45, 7) is 4.54. The van der Waals surface area contributed by atoms with E-state index >= 15 is 0 Å². The Morgan fingerprint density at radius 1 is 1.10 bits per heavy atom. The molecule has 0 N–H and O–H groups in total. The standard InChI is InChI=1S/C23H23N5O/c1-16(2)28-22-20(14-25-28)19(13-21(26-22)17-9-5-4-6-10-17)23(29)27(3)15-18-11-7-8-12-24-18/h4-14,16H,15H2,1-3H3. The number of nitrogens with zero attached hydrogens (tertiary/aromatic N) is 5. The fourth-order valence-corrected chi connectivity index (χ4v) is 3.34. The summed E-state index contributed by atoms with van der Waals surface area (Å²) in [4.78, 5) is 24.2. The van der Waals surface area contributed by atoms with Gasteiger partial charge in [0.15, 0.2) is 5.65 Å². The first-order valence-electron chi connectivity index (χ1n) is 9.63. The Morgan fingerprint density at radius 3 is 2.55 bits per heavy atom. The minimum absolute atomic E-state index is 0.0801. The van der Waals surface area contributed by atoms with Gasteiger partial charge in [-0.1, -0.05) is 36.4 Å². The molecule has 0 saturated heterocycles. The van der Waals surface area contributed by atoms with Gasteiger partial charge in [0.25, 0.3) is 5.91 Å². The van der Waals surface area contributed by atoms with Crippen LogP contribution in [0.2, 0.25) is 0 Å². The highest BCUT2D eigenvalue weighted by molar-refractivity contribution is 6.06. The molecule has 1 aromatic carbocycles. The first kappa shape index (κ1) is 18.8. The minimum atomic E-state index is -0.0801. The third kappa shape index (κ3) is 3.74. The van der Waals surface area contributed by atoms with Gasteiger partial charge in [0.05, 0.1) is 35.1 Å². The van der Waals surface area contributed by atoms with Crippen LogP contribution < -0.4 is 0 Å². The van der Waals surface area contributed by atoms with Crippen LogP contribution in [0.3, 0.4) is 0 Å². The number of hydrogen-bond donors (Lipinski definition) is 0. The number of carbonyl (C=O) groups is 1. The zero-order valence-electron chi connectivity index (χ0n) is 16.8. The molecule has 29 heavy (non-hydrogen) atoms. The number of hydrogen-bond acceptors (Lipinski definition) is 4. The summed E-state index contributed by atoms with van der Waals surface area (Å²) >= 11 is 0. The van der Waals surface area contributed by atoms with E-state index < -0.39 is 0 Å². The summed E-state index contributed by atoms with van der Waals surface area (Å²) in [7, 11) is 1.79. The molecular weight excluding hydrogens is 362 g/mol. The molecular formula is C23H23N5O. The Hall–Kier alpha value is -3.54. The minimum Gasteiger partial charge on any atom is -0.336 e. The summed E-state index contributed by atoms with van der Waals surface area (Å²) in [6.07, 6.45) is 3.47. The lowest BCUT2D eigenvalue weighted by Gasteiger charge is -2.18. The molecule has 0 atom stereocenters. The van der Waals surface area contributed by atoms with E-state index in [0.29, 0.717) is 12.1 Å². The van der Waals surface area contributed by atoms with Crippen molar-refractivity contribution < 1.29 is 4.79 Å². The summed E-state index contributed by atoms with van der Waals surface area (Å²) < 4.78 is 1.86. The molecule has 0 spiro atoms. The van der Waals surface area contributed by atoms with Gasteiger partial charge in [-0.25, -0.2) is 9.67 Å². The van der Waals surface area contributed by atoms with Crippen LogP contribution in [0, 0.1) is 0 Å². The summed E-state index contributed by atoms with van der Waals surface area (Å²) in [5.74, 6) is -0.0801. The highest BCUT2D eigenvalue weighted by Crippen LogP contribution is 2.27. The van der Waals surface area contributed by atoms with E-state index in [-0.39, 0.29) is 11.9 Å². The maximum Gasteiger partial charge on any atom is 0.254 e. The van der Waals surface area contributed by atoms with Crippen molar-refractivity contribution in [3.05, 3.63) is 78.2 Å². The smallest absolute Gasteiger partial charge is 0.254 e. The summed E-state index contributed by atoms with van der Waals surface area (Å²) in [5.41, 5.74) is 3.88. The van der Waals surface area contributed by atoms with Gasteiger partial charge in [-0.05, 0) is 32.0 Å². The molecule has 3 heterocycles. The van der Waals surface area contributed by atoms with Crippen LogP contribution >= 0.6 is 0 Å². The predicted molar refractivity (Wildman–Crippen MR) is 113 cm³/mol. The van der Waals surface area contributed by atoms with Crippen molar-refractivity contribution in [3.63, 3.8) is 0 Å². The third-order valence-electron chi connectivity index (χ3n) is 4.83. The number of fused-ring (bicyclic) bond motifs is 1. The van der Waals surface area contributed by atoms with E-state index in [1.165, 1.54) is 0 Å². The van der Waals surface area contributed by atoms with Crippen LogP contribution in [0.25, 0.3) is 22.3 Å². The number of amides is 1. The highest BCUT2D eigenvalue weighted by atomic mass is 16.2. The van der Waals surface area contributed by atoms with E-state index in [0.717, 1.165) is 28.0 Å². The molecule has 3 aromatic heterocycles. The largest absolute Gasteiger partial charge is 0.336 e. The van der Waals surface area contributed by atoms with Gasteiger partial charge >= 0.3 is 0 Å². The average Bonchev–Trinajstić information content (AvgIpc) is 3.18. The van der Waals surface area contributed by atoms with Crippen molar-refractivity contribution in [2.45, 2.75) is 26.4 Å². The second-order valence-corrected chi connectivity index (χ2v) is 7.32. The molecule has 0 aliphatic heterocycles. The van der Waals surface area contributed by atoms with Crippen LogP contribution in [-0.4, -0.2) is 37.6 Å². The molecule has 0 saturated carbocycles. The average molecular weight is 385 g/mol. The lowest BCUT2D eigenvalue weighted by Crippen LogP contribution is -2.27. The SMILES string of the molecule is CC(C)n1ncc2c(C(=O)N(C)Cc3ccccn3)cc(-c3ccccc3)nc21. The topological polar surface area (TPSA) is 63.9 Å². The molecule has 6 nitrogen and oxygen atoms in total. The van der Waals surface area contributed by atoms with Crippen molar-refractivity contribution in [1.29, 1.82) is 0 Å². The Balaban J connectivity index is 1.81. The molecule has 0 bridgehead atoms. The number of carbonyl (C=O) groups excluding carboxylic acids is 1. The molecule has 4 rings (SSSR count). The van der Waals surface area contributed by atoms with Gasteiger partial charge in [-0.3, -0.25) is 9.78 Å². The van der Waals surface area contributed by atoms with E-state index in [1.807, 2.05) is 59.3 Å². The Kier molecular flexibility index (Phi) is 5.08. The quantitative estimate of drug-likeness (QED) is 0.512. The van der Waals surface area contributed by atoms with Crippen LogP contribution in [0.1, 0.15) is 35.9 Å². The van der Waals surface area contributed by atoms with Crippen molar-refractivity contribution in [1.82, 2.24) is 24.6 Å². The Morgan fingerprint density at radius 2 is 1.86 bits per heavy atom. The second kappa shape index (κ2) is 7.83. The van der Waals surface area contributed by atoms with Crippen molar-refractivity contribution in [2.24, 2.45) is 0 Å². The molecule has 146 valence electrons. The molecule has 4 aromatic rings. The van der Waals surface area contributed by atoms with Crippen molar-refractivity contribution >= 4 is 16.9 Å². The van der Waals surface area contributed by atoms with Gasteiger partial charge in [-0.2, -0.15) is 5.10 Å². The van der Waals surface area contributed by atoms with Gasteiger partial charge in [0, 0.05) is 24.8 Å². The second-order valence-electron chi connectivity index (χ2n) is 7.32. The normalized spacial score (nSPS) is 11.2. The predicted octanol–water partition coefficient (Wildman–Crippen LogP) is 4.35. The third-order valence-corrected chi connectivity index (χ3v) is 4.83. The highest BCUT2D eigenvalue weighted by Gasteiger charge is 2.21. The number of pyridine rings is 2. The van der Waals surface area contributed by atoms with Crippen LogP contribution in [0.15, 0.2) is 67.0 Å². The van der Waals surface area contributed by atoms with Gasteiger partial charge in [0.2, 0.25) is 0 Å². The molecule has 0 radical (unpaired) electrons. The maximum absolute atomic E-state index is 13.4. The van der Waals surface area contributed by atoms with E-state index in [4.69, 9.17) is 4.98 Å². The van der Waals surface area contributed by atoms with Gasteiger partial charge < -0.3 is 4.90 Å². The maximum atomic E-state index is 13.4. The number of aromatic nitrogens is 4. The first-order valence-corrected chi connectivity index (χ1v) is 9.63. The molecule has 0 fully saturated rings. The van der Waals surface area contributed by atoms with Gasteiger partial charge in [-0.15, -0.1) is 0 Å². The Labute approximate surface area is 169 Å². The van der Waals surface area contributed by atoms with E-state index in [2.05, 4.69) is 23.9 Å². The fraction of sp³-hybridized carbons (Fsp3) is 0.217. The number of benzene rings is 1. The molecule has 0 aliphatic carbocycles. The fourth-order valence-electron chi connectivity index (χ4n) is 3.34. The van der Waals surface area contributed by atoms with Crippen LogP contribution in [-0.2, 0) is 6.54 Å². The van der Waals surface area contributed by atoms with E-state index in [9.17, 15) is 4.79 Å². The lowest BCUT2D eigenvalue weighted by molar-refractivity contribution is 0.0785. The van der Waals surface area contributed by atoms with E-state index in [1.54, 1.807) is 24.3 Å². The summed E-state index contributed by atoms with van der Waals surface area (Å²) in [5, 5.41) is 5.25. The lowest BCUT2D eigenvalue weighted by atomic mass is 10.1. The zero-order valence-corrected chi connectivity index (χ0v) is 16.8. The van der Waals surface area contributed by atoms with Crippen LogP contribution in [0.4, 0.5) is 0 Å². The molecule has 6 heteroatoms. The first-order chi connectivity index (χ1) is 14.0.